The average molecular weight is 253 g/mol. The van der Waals surface area contributed by atoms with Crippen LogP contribution in [0.15, 0.2) is 0 Å². The molecule has 1 aliphatic heterocycles. The van der Waals surface area contributed by atoms with Crippen molar-refractivity contribution < 1.29 is 9.90 Å². The van der Waals surface area contributed by atoms with Gasteiger partial charge in [-0.15, -0.1) is 0 Å². The average Bonchev–Trinajstić information content (AvgIpc) is 2.39. The molecule has 1 saturated heterocycles. The van der Waals surface area contributed by atoms with Gasteiger partial charge in [-0.05, 0) is 50.6 Å². The summed E-state index contributed by atoms with van der Waals surface area (Å²) in [6, 6.07) is 0.310. The molecule has 2 rings (SSSR count). The summed E-state index contributed by atoms with van der Waals surface area (Å²) in [6.45, 7) is 6.83. The van der Waals surface area contributed by atoms with Crippen molar-refractivity contribution in [3.63, 3.8) is 0 Å². The number of likely N-dealkylation sites (tertiary alicyclic amines) is 1. The van der Waals surface area contributed by atoms with Gasteiger partial charge in [0.15, 0.2) is 0 Å². The minimum absolute atomic E-state index is 0.116. The summed E-state index contributed by atoms with van der Waals surface area (Å²) in [5.74, 6) is 0.918. The Labute approximate surface area is 111 Å². The molecule has 3 nitrogen and oxygen atoms in total. The van der Waals surface area contributed by atoms with Crippen molar-refractivity contribution in [3.8, 4) is 0 Å². The first-order chi connectivity index (χ1) is 8.59. The Morgan fingerprint density at radius 2 is 1.72 bits per heavy atom. The normalized spacial score (nSPS) is 31.7. The predicted octanol–water partition coefficient (Wildman–Crippen LogP) is 3.00. The molecule has 104 valence electrons. The highest BCUT2D eigenvalue weighted by atomic mass is 16.4. The first-order valence-corrected chi connectivity index (χ1v) is 7.56. The molecule has 0 bridgehead atoms. The maximum Gasteiger partial charge on any atom is 0.308 e. The summed E-state index contributed by atoms with van der Waals surface area (Å²) in [5.41, 5.74) is 0. The fourth-order valence-electron chi connectivity index (χ4n) is 3.75. The first-order valence-electron chi connectivity index (χ1n) is 7.56. The summed E-state index contributed by atoms with van der Waals surface area (Å²) in [7, 11) is 0. The smallest absolute Gasteiger partial charge is 0.308 e. The maximum atomic E-state index is 11.4. The molecule has 0 aromatic heterocycles. The number of carbonyl (C=O) groups is 1. The van der Waals surface area contributed by atoms with Crippen LogP contribution in [0.3, 0.4) is 0 Å². The molecule has 0 amide bonds. The Balaban J connectivity index is 1.93. The number of hydrogen-bond donors (Lipinski definition) is 1. The molecule has 1 saturated carbocycles. The van der Waals surface area contributed by atoms with Gasteiger partial charge in [-0.3, -0.25) is 9.69 Å². The Hall–Kier alpha value is -0.570. The Morgan fingerprint density at radius 3 is 2.28 bits per heavy atom. The zero-order valence-corrected chi connectivity index (χ0v) is 11.8. The van der Waals surface area contributed by atoms with Crippen LogP contribution in [0.4, 0.5) is 0 Å². The number of rotatable bonds is 3. The van der Waals surface area contributed by atoms with E-state index in [0.717, 1.165) is 44.2 Å². The zero-order chi connectivity index (χ0) is 13.1. The van der Waals surface area contributed by atoms with E-state index in [2.05, 4.69) is 18.7 Å². The van der Waals surface area contributed by atoms with Crippen LogP contribution < -0.4 is 0 Å². The van der Waals surface area contributed by atoms with Gasteiger partial charge in [-0.2, -0.15) is 0 Å². The maximum absolute atomic E-state index is 11.4. The summed E-state index contributed by atoms with van der Waals surface area (Å²) < 4.78 is 0. The van der Waals surface area contributed by atoms with Crippen LogP contribution in [0, 0.1) is 17.8 Å². The van der Waals surface area contributed by atoms with Gasteiger partial charge in [0.1, 0.15) is 0 Å². The third kappa shape index (κ3) is 3.05. The second kappa shape index (κ2) is 6.05. The van der Waals surface area contributed by atoms with E-state index in [-0.39, 0.29) is 5.92 Å². The van der Waals surface area contributed by atoms with Gasteiger partial charge < -0.3 is 5.11 Å². The Bertz CT molecular complexity index is 282. The highest BCUT2D eigenvalue weighted by Crippen LogP contribution is 2.33. The van der Waals surface area contributed by atoms with E-state index in [1.54, 1.807) is 0 Å². The lowest BCUT2D eigenvalue weighted by Gasteiger charge is -2.42. The number of piperidine rings is 1. The molecule has 2 atom stereocenters. The van der Waals surface area contributed by atoms with Gasteiger partial charge >= 0.3 is 5.97 Å². The summed E-state index contributed by atoms with van der Waals surface area (Å²) in [6.07, 6.45) is 6.77. The van der Waals surface area contributed by atoms with E-state index in [1.807, 2.05) is 0 Å². The van der Waals surface area contributed by atoms with Crippen LogP contribution in [-0.2, 0) is 4.79 Å². The van der Waals surface area contributed by atoms with Gasteiger partial charge in [-0.25, -0.2) is 0 Å². The molecular weight excluding hydrogens is 226 g/mol. The van der Waals surface area contributed by atoms with Crippen molar-refractivity contribution in [1.29, 1.82) is 0 Å². The quantitative estimate of drug-likeness (QED) is 0.840. The van der Waals surface area contributed by atoms with Crippen molar-refractivity contribution in [1.82, 2.24) is 4.90 Å². The third-order valence-corrected chi connectivity index (χ3v) is 5.03. The van der Waals surface area contributed by atoms with Crippen LogP contribution >= 0.6 is 0 Å². The molecule has 1 aliphatic carbocycles. The number of carboxylic acid groups (broad SMARTS) is 1. The van der Waals surface area contributed by atoms with E-state index < -0.39 is 5.97 Å². The standard InChI is InChI=1S/C15H27NO2/c1-11(2)12-7-9-16(10-8-12)14-6-4-3-5-13(14)15(17)18/h11-14H,3-10H2,1-2H3,(H,17,18). The van der Waals surface area contributed by atoms with Crippen LogP contribution in [-0.4, -0.2) is 35.1 Å². The van der Waals surface area contributed by atoms with Crippen molar-refractivity contribution in [3.05, 3.63) is 0 Å². The van der Waals surface area contributed by atoms with E-state index in [4.69, 9.17) is 0 Å². The highest BCUT2D eigenvalue weighted by Gasteiger charge is 2.36. The molecule has 3 heteroatoms. The lowest BCUT2D eigenvalue weighted by atomic mass is 9.80. The SMILES string of the molecule is CC(C)C1CCN(C2CCCCC2C(=O)O)CC1. The van der Waals surface area contributed by atoms with Gasteiger partial charge in [0.05, 0.1) is 5.92 Å². The number of hydrogen-bond acceptors (Lipinski definition) is 2. The summed E-state index contributed by atoms with van der Waals surface area (Å²) >= 11 is 0. The molecular formula is C15H27NO2. The van der Waals surface area contributed by atoms with Crippen LogP contribution in [0.5, 0.6) is 0 Å². The second-order valence-electron chi connectivity index (χ2n) is 6.41. The van der Waals surface area contributed by atoms with Crippen molar-refractivity contribution in [2.75, 3.05) is 13.1 Å². The molecule has 0 spiro atoms. The topological polar surface area (TPSA) is 40.5 Å². The minimum atomic E-state index is -0.578. The molecule has 0 aromatic rings. The fraction of sp³-hybridized carbons (Fsp3) is 0.933. The van der Waals surface area contributed by atoms with E-state index in [1.165, 1.54) is 19.3 Å². The second-order valence-corrected chi connectivity index (χ2v) is 6.41. The Kier molecular flexibility index (Phi) is 4.66. The lowest BCUT2D eigenvalue weighted by Crippen LogP contribution is -2.49. The largest absolute Gasteiger partial charge is 0.481 e. The highest BCUT2D eigenvalue weighted by molar-refractivity contribution is 5.71. The molecule has 2 aliphatic rings. The van der Waals surface area contributed by atoms with E-state index in [9.17, 15) is 9.90 Å². The monoisotopic (exact) mass is 253 g/mol. The summed E-state index contributed by atoms with van der Waals surface area (Å²) in [5, 5.41) is 9.35. The molecule has 1 N–H and O–H groups in total. The van der Waals surface area contributed by atoms with Gasteiger partial charge in [0.2, 0.25) is 0 Å². The van der Waals surface area contributed by atoms with Crippen LogP contribution in [0.2, 0.25) is 0 Å². The molecule has 0 aromatic carbocycles. The van der Waals surface area contributed by atoms with Crippen LogP contribution in [0.1, 0.15) is 52.4 Å². The number of carboxylic acids is 1. The number of aliphatic carboxylic acids is 1. The van der Waals surface area contributed by atoms with Gasteiger partial charge in [-0.1, -0.05) is 26.7 Å². The van der Waals surface area contributed by atoms with E-state index >= 15 is 0 Å². The summed E-state index contributed by atoms with van der Waals surface area (Å²) in [4.78, 5) is 13.8. The fourth-order valence-corrected chi connectivity index (χ4v) is 3.75. The first kappa shape index (κ1) is 13.9. The van der Waals surface area contributed by atoms with Crippen molar-refractivity contribution in [2.45, 2.75) is 58.4 Å². The molecule has 0 radical (unpaired) electrons. The van der Waals surface area contributed by atoms with Crippen molar-refractivity contribution >= 4 is 5.97 Å². The van der Waals surface area contributed by atoms with Gasteiger partial charge in [0.25, 0.3) is 0 Å². The molecule has 1 heterocycles. The molecule has 18 heavy (non-hydrogen) atoms. The van der Waals surface area contributed by atoms with E-state index in [0.29, 0.717) is 6.04 Å². The number of nitrogens with zero attached hydrogens (tertiary/aromatic N) is 1. The Morgan fingerprint density at radius 1 is 1.11 bits per heavy atom. The predicted molar refractivity (Wildman–Crippen MR) is 72.5 cm³/mol. The third-order valence-electron chi connectivity index (χ3n) is 5.03. The lowest BCUT2D eigenvalue weighted by molar-refractivity contribution is -0.146. The zero-order valence-electron chi connectivity index (χ0n) is 11.8. The van der Waals surface area contributed by atoms with Crippen molar-refractivity contribution in [2.24, 2.45) is 17.8 Å². The minimum Gasteiger partial charge on any atom is -0.481 e. The van der Waals surface area contributed by atoms with Gasteiger partial charge in [0, 0.05) is 6.04 Å². The molecule has 2 fully saturated rings. The van der Waals surface area contributed by atoms with Crippen LogP contribution in [0.25, 0.3) is 0 Å². The molecule has 2 unspecified atom stereocenters.